The molecule has 106 valence electrons. The number of nitrogens with zero attached hydrogens (tertiary/aromatic N) is 1. The third kappa shape index (κ3) is 2.74. The number of aryl methyl sites for hydroxylation is 1. The van der Waals surface area contributed by atoms with Crippen LogP contribution in [0.15, 0.2) is 6.07 Å². The molecule has 0 spiro atoms. The Labute approximate surface area is 121 Å². The Balaban J connectivity index is 2.30. The molecule has 3 unspecified atom stereocenters. The third-order valence-electron chi connectivity index (χ3n) is 4.84. The van der Waals surface area contributed by atoms with Crippen LogP contribution in [0.4, 0.5) is 0 Å². The highest BCUT2D eigenvalue weighted by Gasteiger charge is 2.28. The van der Waals surface area contributed by atoms with Crippen LogP contribution in [0.25, 0.3) is 0 Å². The van der Waals surface area contributed by atoms with Crippen LogP contribution in [0.3, 0.4) is 0 Å². The largest absolute Gasteiger partial charge is 0.345 e. The molecule has 1 aliphatic rings. The summed E-state index contributed by atoms with van der Waals surface area (Å²) in [5, 5.41) is 0. The molecule has 0 N–H and O–H groups in total. The van der Waals surface area contributed by atoms with Gasteiger partial charge >= 0.3 is 0 Å². The first kappa shape index (κ1) is 14.6. The van der Waals surface area contributed by atoms with Crippen LogP contribution in [0.1, 0.15) is 60.9 Å². The molecule has 19 heavy (non-hydrogen) atoms. The van der Waals surface area contributed by atoms with E-state index in [0.717, 1.165) is 23.1 Å². The fraction of sp³-hybridized carbons (Fsp3) is 0.688. The van der Waals surface area contributed by atoms with E-state index in [1.807, 2.05) is 6.07 Å². The van der Waals surface area contributed by atoms with Crippen molar-refractivity contribution in [2.45, 2.75) is 53.0 Å². The lowest BCUT2D eigenvalue weighted by atomic mass is 9.79. The van der Waals surface area contributed by atoms with Crippen molar-refractivity contribution in [3.05, 3.63) is 23.0 Å². The minimum atomic E-state index is 0.0400. The Bertz CT molecular complexity index is 477. The number of carbonyl (C=O) groups excluding carboxylic acids is 1. The van der Waals surface area contributed by atoms with E-state index in [1.165, 1.54) is 25.0 Å². The predicted octanol–water partition coefficient (Wildman–Crippen LogP) is 4.52. The second-order valence-corrected chi connectivity index (χ2v) is 6.40. The summed E-state index contributed by atoms with van der Waals surface area (Å²) in [7, 11) is 0. The second kappa shape index (κ2) is 5.70. The number of alkyl halides is 1. The minimum Gasteiger partial charge on any atom is -0.345 e. The number of hydrogen-bond acceptors (Lipinski definition) is 1. The van der Waals surface area contributed by atoms with Crippen LogP contribution in [-0.2, 0) is 0 Å². The molecule has 3 atom stereocenters. The number of hydrogen-bond donors (Lipinski definition) is 0. The molecule has 0 aromatic carbocycles. The van der Waals surface area contributed by atoms with Gasteiger partial charge in [-0.1, -0.05) is 13.8 Å². The summed E-state index contributed by atoms with van der Waals surface area (Å²) in [6, 6.07) is 2.55. The van der Waals surface area contributed by atoms with E-state index >= 15 is 0 Å². The van der Waals surface area contributed by atoms with E-state index in [1.54, 1.807) is 0 Å². The van der Waals surface area contributed by atoms with Crippen molar-refractivity contribution in [2.75, 3.05) is 5.88 Å². The van der Waals surface area contributed by atoms with E-state index in [-0.39, 0.29) is 11.7 Å². The van der Waals surface area contributed by atoms with Gasteiger partial charge in [-0.3, -0.25) is 4.79 Å². The average Bonchev–Trinajstić information content (AvgIpc) is 2.68. The quantitative estimate of drug-likeness (QED) is 0.590. The van der Waals surface area contributed by atoms with Gasteiger partial charge in [0.15, 0.2) is 5.78 Å². The molecule has 1 aromatic rings. The van der Waals surface area contributed by atoms with Gasteiger partial charge < -0.3 is 4.57 Å². The number of Topliss-reactive ketones (excluding diaryl/α,β-unsaturated/α-hetero) is 1. The molecule has 2 rings (SSSR count). The minimum absolute atomic E-state index is 0.0400. The zero-order chi connectivity index (χ0) is 14.2. The summed E-state index contributed by atoms with van der Waals surface area (Å²) in [6.07, 6.45) is 3.71. The van der Waals surface area contributed by atoms with Crippen LogP contribution in [0.5, 0.6) is 0 Å². The second-order valence-electron chi connectivity index (χ2n) is 6.13. The summed E-state index contributed by atoms with van der Waals surface area (Å²) in [5.41, 5.74) is 3.09. The van der Waals surface area contributed by atoms with Gasteiger partial charge in [0.2, 0.25) is 0 Å². The number of carbonyl (C=O) groups is 1. The lowest BCUT2D eigenvalue weighted by Crippen LogP contribution is -2.24. The van der Waals surface area contributed by atoms with Crippen molar-refractivity contribution in [3.63, 3.8) is 0 Å². The molecule has 0 aliphatic heterocycles. The molecule has 1 aliphatic carbocycles. The lowest BCUT2D eigenvalue weighted by Gasteiger charge is -2.34. The topological polar surface area (TPSA) is 22.0 Å². The predicted molar refractivity (Wildman–Crippen MR) is 80.2 cm³/mol. The first-order valence-electron chi connectivity index (χ1n) is 7.23. The van der Waals surface area contributed by atoms with Crippen LogP contribution in [0, 0.1) is 25.7 Å². The van der Waals surface area contributed by atoms with E-state index in [4.69, 9.17) is 11.6 Å². The fourth-order valence-corrected chi connectivity index (χ4v) is 3.59. The number of aromatic nitrogens is 1. The number of ketones is 1. The maximum absolute atomic E-state index is 11.9. The van der Waals surface area contributed by atoms with Crippen LogP contribution < -0.4 is 0 Å². The molecule has 1 fully saturated rings. The van der Waals surface area contributed by atoms with Gasteiger partial charge in [0, 0.05) is 23.0 Å². The Kier molecular flexibility index (Phi) is 4.39. The summed E-state index contributed by atoms with van der Waals surface area (Å²) < 4.78 is 2.36. The van der Waals surface area contributed by atoms with Crippen molar-refractivity contribution in [1.29, 1.82) is 0 Å². The maximum atomic E-state index is 11.9. The van der Waals surface area contributed by atoms with Crippen LogP contribution in [0.2, 0.25) is 0 Å². The molecular formula is C16H24ClNO. The molecule has 0 amide bonds. The molecule has 0 radical (unpaired) electrons. The zero-order valence-electron chi connectivity index (χ0n) is 12.4. The summed E-state index contributed by atoms with van der Waals surface area (Å²) >= 11 is 5.69. The Morgan fingerprint density at radius 2 is 2.00 bits per heavy atom. The van der Waals surface area contributed by atoms with Crippen molar-refractivity contribution < 1.29 is 4.79 Å². The van der Waals surface area contributed by atoms with Crippen molar-refractivity contribution in [3.8, 4) is 0 Å². The third-order valence-corrected chi connectivity index (χ3v) is 5.08. The Hall–Kier alpha value is -0.760. The van der Waals surface area contributed by atoms with Crippen molar-refractivity contribution in [1.82, 2.24) is 4.57 Å². The summed E-state index contributed by atoms with van der Waals surface area (Å²) in [6.45, 7) is 8.84. The van der Waals surface area contributed by atoms with Gasteiger partial charge in [0.25, 0.3) is 0 Å². The van der Waals surface area contributed by atoms with Gasteiger partial charge in [-0.25, -0.2) is 0 Å². The van der Waals surface area contributed by atoms with Gasteiger partial charge in [0.05, 0.1) is 5.88 Å². The SMILES string of the molecule is Cc1cc(C(=O)CCl)c(C)n1C1CCC(C)C(C)C1. The first-order valence-corrected chi connectivity index (χ1v) is 7.76. The van der Waals surface area contributed by atoms with Crippen LogP contribution >= 0.6 is 11.6 Å². The monoisotopic (exact) mass is 281 g/mol. The molecular weight excluding hydrogens is 258 g/mol. The standard InChI is InChI=1S/C16H24ClNO/c1-10-5-6-14(7-11(10)2)18-12(3)8-15(13(18)4)16(19)9-17/h8,10-11,14H,5-7,9H2,1-4H3. The van der Waals surface area contributed by atoms with E-state index in [2.05, 4.69) is 32.3 Å². The highest BCUT2D eigenvalue weighted by Crippen LogP contribution is 2.38. The summed E-state index contributed by atoms with van der Waals surface area (Å²) in [4.78, 5) is 11.9. The first-order chi connectivity index (χ1) is 8.95. The molecule has 1 saturated carbocycles. The molecule has 0 saturated heterocycles. The molecule has 1 aromatic heterocycles. The van der Waals surface area contributed by atoms with E-state index in [9.17, 15) is 4.79 Å². The zero-order valence-corrected chi connectivity index (χ0v) is 13.1. The highest BCUT2D eigenvalue weighted by atomic mass is 35.5. The Morgan fingerprint density at radius 1 is 1.32 bits per heavy atom. The van der Waals surface area contributed by atoms with Gasteiger partial charge in [0.1, 0.15) is 0 Å². The Morgan fingerprint density at radius 3 is 2.58 bits per heavy atom. The maximum Gasteiger partial charge on any atom is 0.179 e. The van der Waals surface area contributed by atoms with Crippen molar-refractivity contribution in [2.24, 2.45) is 11.8 Å². The van der Waals surface area contributed by atoms with Gasteiger partial charge in [-0.15, -0.1) is 11.6 Å². The number of rotatable bonds is 3. The van der Waals surface area contributed by atoms with Crippen molar-refractivity contribution >= 4 is 17.4 Å². The molecule has 1 heterocycles. The number of halogens is 1. The lowest BCUT2D eigenvalue weighted by molar-refractivity contribution is 0.102. The smallest absolute Gasteiger partial charge is 0.179 e. The summed E-state index contributed by atoms with van der Waals surface area (Å²) in [5.74, 6) is 1.68. The highest BCUT2D eigenvalue weighted by molar-refractivity contribution is 6.30. The van der Waals surface area contributed by atoms with Crippen LogP contribution in [-0.4, -0.2) is 16.2 Å². The molecule has 2 nitrogen and oxygen atoms in total. The fourth-order valence-electron chi connectivity index (χ4n) is 3.45. The normalized spacial score (nSPS) is 27.5. The van der Waals surface area contributed by atoms with E-state index < -0.39 is 0 Å². The van der Waals surface area contributed by atoms with E-state index in [0.29, 0.717) is 6.04 Å². The van der Waals surface area contributed by atoms with Gasteiger partial charge in [-0.05, 0) is 51.0 Å². The average molecular weight is 282 g/mol. The molecule has 0 bridgehead atoms. The molecule has 3 heteroatoms. The van der Waals surface area contributed by atoms with Gasteiger partial charge in [-0.2, -0.15) is 0 Å².